The Hall–Kier alpha value is -1.84. The first-order valence-electron chi connectivity index (χ1n) is 6.69. The van der Waals surface area contributed by atoms with Crippen LogP contribution in [0.2, 0.25) is 5.02 Å². The van der Waals surface area contributed by atoms with E-state index in [0.717, 1.165) is 16.7 Å². The number of rotatable bonds is 6. The van der Waals surface area contributed by atoms with Gasteiger partial charge in [-0.2, -0.15) is 0 Å². The van der Waals surface area contributed by atoms with E-state index in [1.165, 1.54) is 0 Å². The average Bonchev–Trinajstić information content (AvgIpc) is 2.46. The molecule has 0 amide bonds. The molecule has 0 bridgehead atoms. The monoisotopic (exact) mass is 304 g/mol. The summed E-state index contributed by atoms with van der Waals surface area (Å²) in [5, 5.41) is 9.95. The Morgan fingerprint density at radius 1 is 1.24 bits per heavy atom. The molecule has 0 aromatic heterocycles. The summed E-state index contributed by atoms with van der Waals surface area (Å²) in [6.07, 6.45) is -0.546. The molecule has 0 unspecified atom stereocenters. The van der Waals surface area contributed by atoms with Gasteiger partial charge in [0, 0.05) is 11.4 Å². The SMILES string of the molecule is Cc1cc(Cl)ccc1C[C@H](OCc1ccccc1)C(=O)O. The average molecular weight is 305 g/mol. The third kappa shape index (κ3) is 4.59. The molecule has 0 aliphatic rings. The molecule has 2 aromatic rings. The van der Waals surface area contributed by atoms with Crippen LogP contribution < -0.4 is 0 Å². The van der Waals surface area contributed by atoms with Crippen molar-refractivity contribution in [1.29, 1.82) is 0 Å². The molecule has 0 saturated heterocycles. The van der Waals surface area contributed by atoms with E-state index in [1.54, 1.807) is 6.07 Å². The summed E-state index contributed by atoms with van der Waals surface area (Å²) in [6, 6.07) is 15.0. The van der Waals surface area contributed by atoms with Crippen LogP contribution >= 0.6 is 11.6 Å². The lowest BCUT2D eigenvalue weighted by Crippen LogP contribution is -2.26. The van der Waals surface area contributed by atoms with E-state index in [-0.39, 0.29) is 6.61 Å². The summed E-state index contributed by atoms with van der Waals surface area (Å²) in [7, 11) is 0. The maximum atomic E-state index is 11.4. The van der Waals surface area contributed by atoms with Gasteiger partial charge >= 0.3 is 5.97 Å². The molecule has 1 atom stereocenters. The van der Waals surface area contributed by atoms with E-state index in [2.05, 4.69) is 0 Å². The van der Waals surface area contributed by atoms with E-state index >= 15 is 0 Å². The van der Waals surface area contributed by atoms with E-state index in [4.69, 9.17) is 16.3 Å². The molecule has 0 aliphatic carbocycles. The van der Waals surface area contributed by atoms with Gasteiger partial charge in [0.05, 0.1) is 6.61 Å². The lowest BCUT2D eigenvalue weighted by atomic mass is 10.0. The van der Waals surface area contributed by atoms with Gasteiger partial charge in [0.1, 0.15) is 0 Å². The summed E-state index contributed by atoms with van der Waals surface area (Å²) in [5.41, 5.74) is 2.86. The second kappa shape index (κ2) is 7.25. The number of aliphatic carboxylic acids is 1. The number of carbonyl (C=O) groups is 1. The number of hydrogen-bond acceptors (Lipinski definition) is 2. The predicted octanol–water partition coefficient (Wildman–Crippen LogP) is 3.86. The maximum absolute atomic E-state index is 11.4. The summed E-state index contributed by atoms with van der Waals surface area (Å²) in [4.78, 5) is 11.4. The molecule has 3 nitrogen and oxygen atoms in total. The number of carboxylic acid groups (broad SMARTS) is 1. The normalized spacial score (nSPS) is 12.1. The fraction of sp³-hybridized carbons (Fsp3) is 0.235. The number of carboxylic acids is 1. The van der Waals surface area contributed by atoms with Gasteiger partial charge in [-0.3, -0.25) is 0 Å². The standard InChI is InChI=1S/C17H17ClO3/c1-12-9-15(18)8-7-14(12)10-16(17(19)20)21-11-13-5-3-2-4-6-13/h2-9,16H,10-11H2,1H3,(H,19,20)/t16-/m0/s1. The molecule has 0 spiro atoms. The van der Waals surface area contributed by atoms with Gasteiger partial charge in [-0.25, -0.2) is 4.79 Å². The summed E-state index contributed by atoms with van der Waals surface area (Å²) >= 11 is 5.91. The summed E-state index contributed by atoms with van der Waals surface area (Å²) in [6.45, 7) is 2.20. The summed E-state index contributed by atoms with van der Waals surface area (Å²) < 4.78 is 5.55. The number of halogens is 1. The van der Waals surface area contributed by atoms with Crippen molar-refractivity contribution in [2.75, 3.05) is 0 Å². The van der Waals surface area contributed by atoms with Gasteiger partial charge in [0.15, 0.2) is 6.10 Å². The van der Waals surface area contributed by atoms with Gasteiger partial charge in [-0.05, 0) is 35.7 Å². The molecule has 0 saturated carbocycles. The van der Waals surface area contributed by atoms with Crippen LogP contribution in [0.3, 0.4) is 0 Å². The van der Waals surface area contributed by atoms with Gasteiger partial charge in [-0.15, -0.1) is 0 Å². The topological polar surface area (TPSA) is 46.5 Å². The van der Waals surface area contributed by atoms with Crippen LogP contribution in [0.5, 0.6) is 0 Å². The van der Waals surface area contributed by atoms with Crippen LogP contribution in [0.25, 0.3) is 0 Å². The Bertz CT molecular complexity index is 611. The Balaban J connectivity index is 2.04. The largest absolute Gasteiger partial charge is 0.479 e. The molecule has 0 heterocycles. The fourth-order valence-corrected chi connectivity index (χ4v) is 2.30. The first-order valence-corrected chi connectivity index (χ1v) is 7.07. The lowest BCUT2D eigenvalue weighted by Gasteiger charge is -2.15. The first-order chi connectivity index (χ1) is 10.1. The minimum absolute atomic E-state index is 0.282. The van der Waals surface area contributed by atoms with E-state index in [1.807, 2.05) is 49.4 Å². The van der Waals surface area contributed by atoms with Gasteiger partial charge in [0.2, 0.25) is 0 Å². The van der Waals surface area contributed by atoms with Crippen molar-refractivity contribution in [3.05, 3.63) is 70.2 Å². The van der Waals surface area contributed by atoms with Crippen LogP contribution in [0.1, 0.15) is 16.7 Å². The zero-order chi connectivity index (χ0) is 15.2. The summed E-state index contributed by atoms with van der Waals surface area (Å²) in [5.74, 6) is -0.958. The minimum atomic E-state index is -0.958. The Kier molecular flexibility index (Phi) is 5.37. The van der Waals surface area contributed by atoms with Crippen LogP contribution in [-0.2, 0) is 22.6 Å². The predicted molar refractivity (Wildman–Crippen MR) is 82.5 cm³/mol. The number of hydrogen-bond donors (Lipinski definition) is 1. The minimum Gasteiger partial charge on any atom is -0.479 e. The fourth-order valence-electron chi connectivity index (χ4n) is 2.08. The Labute approximate surface area is 129 Å². The highest BCUT2D eigenvalue weighted by molar-refractivity contribution is 6.30. The molecule has 2 aromatic carbocycles. The van der Waals surface area contributed by atoms with E-state index in [0.29, 0.717) is 11.4 Å². The molecule has 4 heteroatoms. The molecular weight excluding hydrogens is 288 g/mol. The molecule has 0 radical (unpaired) electrons. The van der Waals surface area contributed by atoms with Crippen molar-refractivity contribution >= 4 is 17.6 Å². The van der Waals surface area contributed by atoms with Gasteiger partial charge in [0.25, 0.3) is 0 Å². The van der Waals surface area contributed by atoms with Crippen LogP contribution in [0.4, 0.5) is 0 Å². The van der Waals surface area contributed by atoms with E-state index in [9.17, 15) is 9.90 Å². The van der Waals surface area contributed by atoms with Gasteiger partial charge < -0.3 is 9.84 Å². The van der Waals surface area contributed by atoms with Crippen molar-refractivity contribution in [2.24, 2.45) is 0 Å². The second-order valence-electron chi connectivity index (χ2n) is 4.90. The van der Waals surface area contributed by atoms with E-state index < -0.39 is 12.1 Å². The van der Waals surface area contributed by atoms with Crippen molar-refractivity contribution in [2.45, 2.75) is 26.1 Å². The highest BCUT2D eigenvalue weighted by Gasteiger charge is 2.19. The van der Waals surface area contributed by atoms with Crippen molar-refractivity contribution in [3.8, 4) is 0 Å². The second-order valence-corrected chi connectivity index (χ2v) is 5.33. The van der Waals surface area contributed by atoms with Crippen LogP contribution in [0.15, 0.2) is 48.5 Å². The molecule has 0 aliphatic heterocycles. The first kappa shape index (κ1) is 15.5. The van der Waals surface area contributed by atoms with Crippen molar-refractivity contribution < 1.29 is 14.6 Å². The van der Waals surface area contributed by atoms with Crippen LogP contribution in [-0.4, -0.2) is 17.2 Å². The maximum Gasteiger partial charge on any atom is 0.333 e. The van der Waals surface area contributed by atoms with Crippen molar-refractivity contribution in [3.63, 3.8) is 0 Å². The molecule has 110 valence electrons. The van der Waals surface area contributed by atoms with Crippen molar-refractivity contribution in [1.82, 2.24) is 0 Å². The highest BCUT2D eigenvalue weighted by Crippen LogP contribution is 2.18. The van der Waals surface area contributed by atoms with Gasteiger partial charge in [-0.1, -0.05) is 48.0 Å². The smallest absolute Gasteiger partial charge is 0.333 e. The molecule has 0 fully saturated rings. The Morgan fingerprint density at radius 3 is 2.57 bits per heavy atom. The molecular formula is C17H17ClO3. The molecule has 2 rings (SSSR count). The zero-order valence-electron chi connectivity index (χ0n) is 11.8. The van der Waals surface area contributed by atoms with Crippen LogP contribution in [0, 0.1) is 6.92 Å². The third-order valence-corrected chi connectivity index (χ3v) is 3.51. The molecule has 21 heavy (non-hydrogen) atoms. The Morgan fingerprint density at radius 2 is 1.95 bits per heavy atom. The lowest BCUT2D eigenvalue weighted by molar-refractivity contribution is -0.151. The zero-order valence-corrected chi connectivity index (χ0v) is 12.5. The third-order valence-electron chi connectivity index (χ3n) is 3.28. The number of aryl methyl sites for hydroxylation is 1. The number of ether oxygens (including phenoxy) is 1. The number of benzene rings is 2. The quantitative estimate of drug-likeness (QED) is 0.881. The molecule has 1 N–H and O–H groups in total. The highest BCUT2D eigenvalue weighted by atomic mass is 35.5.